The molecule has 0 bridgehead atoms. The van der Waals surface area contributed by atoms with E-state index in [1.54, 1.807) is 12.1 Å². The lowest BCUT2D eigenvalue weighted by Crippen LogP contribution is -2.44. The molecule has 1 aliphatic heterocycles. The van der Waals surface area contributed by atoms with Crippen LogP contribution in [0.25, 0.3) is 0 Å². The second-order valence-corrected chi connectivity index (χ2v) is 6.26. The van der Waals surface area contributed by atoms with Crippen LogP contribution < -0.4 is 0 Å². The zero-order valence-electron chi connectivity index (χ0n) is 14.0. The van der Waals surface area contributed by atoms with Crippen molar-refractivity contribution in [2.75, 3.05) is 19.7 Å². The predicted octanol–water partition coefficient (Wildman–Crippen LogP) is 2.41. The van der Waals surface area contributed by atoms with Crippen LogP contribution in [0.5, 0.6) is 0 Å². The molecule has 6 heteroatoms. The summed E-state index contributed by atoms with van der Waals surface area (Å²) in [5.74, 6) is -0.323. The summed E-state index contributed by atoms with van der Waals surface area (Å²) in [5.41, 5.74) is 3.08. The molecule has 0 aliphatic carbocycles. The summed E-state index contributed by atoms with van der Waals surface area (Å²) in [6.45, 7) is 7.37. The number of nitriles is 1. The van der Waals surface area contributed by atoms with Crippen molar-refractivity contribution in [2.24, 2.45) is 0 Å². The monoisotopic (exact) mass is 328 g/mol. The Morgan fingerprint density at radius 1 is 1.38 bits per heavy atom. The van der Waals surface area contributed by atoms with Gasteiger partial charge in [-0.3, -0.25) is 9.58 Å². The van der Waals surface area contributed by atoms with Gasteiger partial charge in [0.05, 0.1) is 36.6 Å². The van der Waals surface area contributed by atoms with E-state index in [2.05, 4.69) is 10.00 Å². The van der Waals surface area contributed by atoms with Crippen molar-refractivity contribution in [1.29, 1.82) is 5.26 Å². The number of benzene rings is 1. The highest BCUT2D eigenvalue weighted by Crippen LogP contribution is 2.16. The lowest BCUT2D eigenvalue weighted by molar-refractivity contribution is -0.0407. The van der Waals surface area contributed by atoms with Crippen molar-refractivity contribution in [3.05, 3.63) is 52.6 Å². The van der Waals surface area contributed by atoms with Gasteiger partial charge in [-0.1, -0.05) is 6.07 Å². The summed E-state index contributed by atoms with van der Waals surface area (Å²) >= 11 is 0. The van der Waals surface area contributed by atoms with Crippen LogP contribution in [0.1, 0.15) is 22.5 Å². The molecule has 5 nitrogen and oxygen atoms in total. The molecule has 1 aliphatic rings. The molecule has 0 N–H and O–H groups in total. The minimum Gasteiger partial charge on any atom is -0.374 e. The van der Waals surface area contributed by atoms with E-state index in [-0.39, 0.29) is 11.9 Å². The molecule has 24 heavy (non-hydrogen) atoms. The van der Waals surface area contributed by atoms with Crippen LogP contribution in [0.15, 0.2) is 24.3 Å². The van der Waals surface area contributed by atoms with E-state index in [9.17, 15) is 4.39 Å². The molecule has 0 saturated carbocycles. The van der Waals surface area contributed by atoms with Gasteiger partial charge in [-0.2, -0.15) is 10.4 Å². The largest absolute Gasteiger partial charge is 0.374 e. The molecular formula is C18H21FN4O. The maximum absolute atomic E-state index is 14.1. The van der Waals surface area contributed by atoms with Crippen molar-refractivity contribution in [2.45, 2.75) is 33.0 Å². The molecule has 0 radical (unpaired) electrons. The van der Waals surface area contributed by atoms with E-state index in [0.717, 1.165) is 24.5 Å². The summed E-state index contributed by atoms with van der Waals surface area (Å²) in [7, 11) is 0. The molecule has 126 valence electrons. The van der Waals surface area contributed by atoms with Gasteiger partial charge in [0.2, 0.25) is 0 Å². The van der Waals surface area contributed by atoms with Gasteiger partial charge in [0, 0.05) is 30.9 Å². The van der Waals surface area contributed by atoms with E-state index < -0.39 is 0 Å². The number of aryl methyl sites for hydroxylation is 2. The summed E-state index contributed by atoms with van der Waals surface area (Å²) in [5, 5.41) is 13.3. The number of morpholine rings is 1. The van der Waals surface area contributed by atoms with Gasteiger partial charge < -0.3 is 4.74 Å². The molecule has 1 aromatic carbocycles. The molecule has 0 amide bonds. The second kappa shape index (κ2) is 7.12. The molecule has 0 unspecified atom stereocenters. The lowest BCUT2D eigenvalue weighted by atomic mass is 10.1. The number of rotatable bonds is 4. The summed E-state index contributed by atoms with van der Waals surface area (Å²) in [6, 6.07) is 8.65. The second-order valence-electron chi connectivity index (χ2n) is 6.26. The molecule has 3 rings (SSSR count). The molecule has 1 atom stereocenters. The van der Waals surface area contributed by atoms with E-state index in [1.165, 1.54) is 6.07 Å². The maximum atomic E-state index is 14.1. The van der Waals surface area contributed by atoms with Crippen LogP contribution in [0, 0.1) is 31.0 Å². The van der Waals surface area contributed by atoms with Gasteiger partial charge in [0.15, 0.2) is 0 Å². The van der Waals surface area contributed by atoms with Crippen LogP contribution in [0.3, 0.4) is 0 Å². The first-order valence-electron chi connectivity index (χ1n) is 8.08. The fraction of sp³-hybridized carbons (Fsp3) is 0.444. The Morgan fingerprint density at radius 3 is 2.88 bits per heavy atom. The topological polar surface area (TPSA) is 54.1 Å². The number of hydrogen-bond donors (Lipinski definition) is 0. The van der Waals surface area contributed by atoms with Crippen LogP contribution in [0.2, 0.25) is 0 Å². The number of aromatic nitrogens is 2. The van der Waals surface area contributed by atoms with E-state index in [1.807, 2.05) is 30.7 Å². The maximum Gasteiger partial charge on any atom is 0.129 e. The average Bonchev–Trinajstić information content (AvgIpc) is 2.87. The third-order valence-electron chi connectivity index (χ3n) is 4.28. The SMILES string of the molecule is Cc1cc(C)n(C[C@@H]2CN(Cc3ccc(C#N)cc3F)CCO2)n1. The quantitative estimate of drug-likeness (QED) is 0.865. The first kappa shape index (κ1) is 16.6. The van der Waals surface area contributed by atoms with Crippen molar-refractivity contribution in [3.8, 4) is 6.07 Å². The van der Waals surface area contributed by atoms with Crippen LogP contribution >= 0.6 is 0 Å². The Bertz CT molecular complexity index is 765. The van der Waals surface area contributed by atoms with Gasteiger partial charge >= 0.3 is 0 Å². The van der Waals surface area contributed by atoms with Gasteiger partial charge in [-0.25, -0.2) is 4.39 Å². The van der Waals surface area contributed by atoms with Crippen molar-refractivity contribution >= 4 is 0 Å². The standard InChI is InChI=1S/C18H21FN4O/c1-13-7-14(2)23(21-13)12-17-11-22(5-6-24-17)10-16-4-3-15(9-20)8-18(16)19/h3-4,7-8,17H,5-6,10-12H2,1-2H3/t17-/m0/s1. The predicted molar refractivity (Wildman–Crippen MR) is 87.8 cm³/mol. The minimum absolute atomic E-state index is 0.0400. The zero-order chi connectivity index (χ0) is 17.1. The summed E-state index contributed by atoms with van der Waals surface area (Å²) in [6.07, 6.45) is 0.0400. The van der Waals surface area contributed by atoms with Crippen LogP contribution in [-0.2, 0) is 17.8 Å². The van der Waals surface area contributed by atoms with Gasteiger partial charge in [-0.15, -0.1) is 0 Å². The number of nitrogens with zero attached hydrogens (tertiary/aromatic N) is 4. The molecule has 2 heterocycles. The first-order valence-corrected chi connectivity index (χ1v) is 8.08. The molecule has 2 aromatic rings. The van der Waals surface area contributed by atoms with E-state index in [4.69, 9.17) is 10.00 Å². The third kappa shape index (κ3) is 3.81. The molecule has 1 fully saturated rings. The fourth-order valence-electron chi connectivity index (χ4n) is 3.07. The average molecular weight is 328 g/mol. The highest BCUT2D eigenvalue weighted by molar-refractivity contribution is 5.32. The highest BCUT2D eigenvalue weighted by atomic mass is 19.1. The fourth-order valence-corrected chi connectivity index (χ4v) is 3.07. The zero-order valence-corrected chi connectivity index (χ0v) is 14.0. The molecular weight excluding hydrogens is 307 g/mol. The van der Waals surface area contributed by atoms with Gasteiger partial charge in [0.1, 0.15) is 5.82 Å². The summed E-state index contributed by atoms with van der Waals surface area (Å²) in [4.78, 5) is 2.18. The molecule has 1 aromatic heterocycles. The van der Waals surface area contributed by atoms with Crippen LogP contribution in [-0.4, -0.2) is 40.5 Å². The normalized spacial score (nSPS) is 18.5. The van der Waals surface area contributed by atoms with Gasteiger partial charge in [-0.05, 0) is 32.0 Å². The van der Waals surface area contributed by atoms with Gasteiger partial charge in [0.25, 0.3) is 0 Å². The summed E-state index contributed by atoms with van der Waals surface area (Å²) < 4.78 is 21.9. The lowest BCUT2D eigenvalue weighted by Gasteiger charge is -2.33. The van der Waals surface area contributed by atoms with E-state index in [0.29, 0.717) is 30.8 Å². The van der Waals surface area contributed by atoms with Crippen molar-refractivity contribution < 1.29 is 9.13 Å². The number of hydrogen-bond acceptors (Lipinski definition) is 4. The van der Waals surface area contributed by atoms with Crippen molar-refractivity contribution in [3.63, 3.8) is 0 Å². The van der Waals surface area contributed by atoms with E-state index >= 15 is 0 Å². The Kier molecular flexibility index (Phi) is 4.93. The van der Waals surface area contributed by atoms with Crippen molar-refractivity contribution in [1.82, 2.24) is 14.7 Å². The molecule has 1 saturated heterocycles. The molecule has 0 spiro atoms. The Balaban J connectivity index is 1.63. The number of halogens is 1. The Morgan fingerprint density at radius 2 is 2.21 bits per heavy atom. The Hall–Kier alpha value is -2.23. The third-order valence-corrected chi connectivity index (χ3v) is 4.28. The van der Waals surface area contributed by atoms with Crippen LogP contribution in [0.4, 0.5) is 4.39 Å². The highest BCUT2D eigenvalue weighted by Gasteiger charge is 2.22. The minimum atomic E-state index is -0.323. The smallest absolute Gasteiger partial charge is 0.129 e. The Labute approximate surface area is 141 Å². The number of ether oxygens (including phenoxy) is 1. The first-order chi connectivity index (χ1) is 11.5.